The lowest BCUT2D eigenvalue weighted by molar-refractivity contribution is -0.0175. The van der Waals surface area contributed by atoms with E-state index >= 15 is 0 Å². The zero-order valence-corrected chi connectivity index (χ0v) is 8.15. The second-order valence-corrected chi connectivity index (χ2v) is 3.04. The molecule has 0 spiro atoms. The summed E-state index contributed by atoms with van der Waals surface area (Å²) in [6, 6.07) is 3.08. The van der Waals surface area contributed by atoms with Crippen molar-refractivity contribution in [3.8, 4) is 11.5 Å². The lowest BCUT2D eigenvalue weighted by Crippen LogP contribution is -2.14. The van der Waals surface area contributed by atoms with Crippen LogP contribution in [0.25, 0.3) is 0 Å². The highest BCUT2D eigenvalue weighted by Gasteiger charge is 2.21. The first kappa shape index (κ1) is 9.79. The molecule has 0 radical (unpaired) electrons. The van der Waals surface area contributed by atoms with Crippen molar-refractivity contribution in [2.45, 2.75) is 6.61 Å². The molecular formula is C10H10O5. The maximum Gasteiger partial charge on any atom is 0.339 e. The van der Waals surface area contributed by atoms with E-state index in [1.54, 1.807) is 6.07 Å². The predicted molar refractivity (Wildman–Crippen MR) is 50.2 cm³/mol. The molecule has 15 heavy (non-hydrogen) atoms. The molecule has 1 aromatic carbocycles. The molecule has 0 unspecified atom stereocenters. The maximum atomic E-state index is 10.9. The molecule has 5 heteroatoms. The first-order chi connectivity index (χ1) is 7.24. The Kier molecular flexibility index (Phi) is 2.47. The van der Waals surface area contributed by atoms with Gasteiger partial charge in [0.1, 0.15) is 17.1 Å². The molecule has 1 aliphatic heterocycles. The third-order valence-corrected chi connectivity index (χ3v) is 2.20. The highest BCUT2D eigenvalue weighted by molar-refractivity contribution is 5.92. The van der Waals surface area contributed by atoms with Gasteiger partial charge in [-0.05, 0) is 12.1 Å². The minimum Gasteiger partial charge on any atom is -0.495 e. The van der Waals surface area contributed by atoms with Crippen molar-refractivity contribution in [2.75, 3.05) is 13.9 Å². The van der Waals surface area contributed by atoms with Crippen LogP contribution < -0.4 is 9.47 Å². The SMILES string of the molecule is COc1c(C(=O)O)ccc2c1COCO2. The number of carboxylic acid groups (broad SMARTS) is 1. The van der Waals surface area contributed by atoms with Gasteiger partial charge in [-0.2, -0.15) is 0 Å². The maximum absolute atomic E-state index is 10.9. The van der Waals surface area contributed by atoms with Gasteiger partial charge in [0.05, 0.1) is 19.3 Å². The van der Waals surface area contributed by atoms with Crippen LogP contribution in [0.2, 0.25) is 0 Å². The normalized spacial score (nSPS) is 13.9. The quantitative estimate of drug-likeness (QED) is 0.796. The van der Waals surface area contributed by atoms with Crippen LogP contribution in [0.1, 0.15) is 15.9 Å². The van der Waals surface area contributed by atoms with E-state index in [-0.39, 0.29) is 12.4 Å². The first-order valence-electron chi connectivity index (χ1n) is 4.37. The molecule has 1 aromatic rings. The molecule has 0 saturated heterocycles. The van der Waals surface area contributed by atoms with Gasteiger partial charge in [-0.15, -0.1) is 0 Å². The number of ether oxygens (including phenoxy) is 3. The van der Waals surface area contributed by atoms with Gasteiger partial charge in [0.2, 0.25) is 0 Å². The van der Waals surface area contributed by atoms with Crippen LogP contribution in [0.3, 0.4) is 0 Å². The lowest BCUT2D eigenvalue weighted by Gasteiger charge is -2.20. The van der Waals surface area contributed by atoms with Crippen LogP contribution in [0.15, 0.2) is 12.1 Å². The molecule has 0 bridgehead atoms. The van der Waals surface area contributed by atoms with Crippen molar-refractivity contribution < 1.29 is 24.1 Å². The number of hydrogen-bond donors (Lipinski definition) is 1. The zero-order chi connectivity index (χ0) is 10.8. The number of benzene rings is 1. The molecule has 1 heterocycles. The average molecular weight is 210 g/mol. The Balaban J connectivity index is 2.56. The topological polar surface area (TPSA) is 65.0 Å². The summed E-state index contributed by atoms with van der Waals surface area (Å²) in [6.07, 6.45) is 0. The van der Waals surface area contributed by atoms with Crippen LogP contribution in [0.4, 0.5) is 0 Å². The number of carboxylic acids is 1. The zero-order valence-electron chi connectivity index (χ0n) is 8.15. The number of hydrogen-bond acceptors (Lipinski definition) is 4. The summed E-state index contributed by atoms with van der Waals surface area (Å²) >= 11 is 0. The summed E-state index contributed by atoms with van der Waals surface area (Å²) < 4.78 is 15.3. The fourth-order valence-electron chi connectivity index (χ4n) is 1.53. The summed E-state index contributed by atoms with van der Waals surface area (Å²) in [5.41, 5.74) is 0.758. The van der Waals surface area contributed by atoms with Crippen LogP contribution >= 0.6 is 0 Å². The summed E-state index contributed by atoms with van der Waals surface area (Å²) in [5, 5.41) is 8.94. The molecule has 1 N–H and O–H groups in total. The molecular weight excluding hydrogens is 200 g/mol. The van der Waals surface area contributed by atoms with Gasteiger partial charge in [-0.3, -0.25) is 0 Å². The monoisotopic (exact) mass is 210 g/mol. The van der Waals surface area contributed by atoms with Gasteiger partial charge in [0.25, 0.3) is 0 Å². The average Bonchev–Trinajstić information content (AvgIpc) is 2.27. The van der Waals surface area contributed by atoms with E-state index in [0.717, 1.165) is 0 Å². The highest BCUT2D eigenvalue weighted by Crippen LogP contribution is 2.34. The molecule has 0 aromatic heterocycles. The van der Waals surface area contributed by atoms with Crippen LogP contribution in [-0.4, -0.2) is 25.0 Å². The molecule has 0 fully saturated rings. The summed E-state index contributed by atoms with van der Waals surface area (Å²) in [7, 11) is 1.43. The van der Waals surface area contributed by atoms with Crippen LogP contribution in [0, 0.1) is 0 Å². The molecule has 2 rings (SSSR count). The van der Waals surface area contributed by atoms with E-state index < -0.39 is 5.97 Å². The number of carbonyl (C=O) groups is 1. The second-order valence-electron chi connectivity index (χ2n) is 3.04. The predicted octanol–water partition coefficient (Wildman–Crippen LogP) is 1.26. The van der Waals surface area contributed by atoms with Crippen molar-refractivity contribution in [2.24, 2.45) is 0 Å². The third-order valence-electron chi connectivity index (χ3n) is 2.20. The Bertz CT molecular complexity index is 399. The van der Waals surface area contributed by atoms with Gasteiger partial charge in [0, 0.05) is 0 Å². The molecule has 0 atom stereocenters. The third kappa shape index (κ3) is 1.61. The summed E-state index contributed by atoms with van der Waals surface area (Å²) in [4.78, 5) is 10.9. The summed E-state index contributed by atoms with van der Waals surface area (Å²) in [5.74, 6) is -0.108. The smallest absolute Gasteiger partial charge is 0.339 e. The van der Waals surface area contributed by atoms with Crippen molar-refractivity contribution in [1.82, 2.24) is 0 Å². The van der Waals surface area contributed by atoms with Gasteiger partial charge in [-0.1, -0.05) is 0 Å². The standard InChI is InChI=1S/C10H10O5/c1-13-9-6(10(11)12)2-3-8-7(9)4-14-5-15-8/h2-3H,4-5H2,1H3,(H,11,12). The lowest BCUT2D eigenvalue weighted by atomic mass is 10.1. The largest absolute Gasteiger partial charge is 0.495 e. The number of rotatable bonds is 2. The van der Waals surface area contributed by atoms with E-state index in [2.05, 4.69) is 0 Å². The fourth-order valence-corrected chi connectivity index (χ4v) is 1.53. The number of aromatic carboxylic acids is 1. The van der Waals surface area contributed by atoms with Crippen molar-refractivity contribution in [3.63, 3.8) is 0 Å². The molecule has 0 amide bonds. The fraction of sp³-hybridized carbons (Fsp3) is 0.300. The van der Waals surface area contributed by atoms with E-state index in [1.807, 2.05) is 0 Å². The number of fused-ring (bicyclic) bond motifs is 1. The first-order valence-corrected chi connectivity index (χ1v) is 4.37. The number of methoxy groups -OCH3 is 1. The van der Waals surface area contributed by atoms with E-state index in [0.29, 0.717) is 23.7 Å². The minimum absolute atomic E-state index is 0.116. The van der Waals surface area contributed by atoms with Crippen LogP contribution in [-0.2, 0) is 11.3 Å². The summed E-state index contributed by atoms with van der Waals surface area (Å²) in [6.45, 7) is 0.488. The highest BCUT2D eigenvalue weighted by atomic mass is 16.7. The van der Waals surface area contributed by atoms with E-state index in [4.69, 9.17) is 19.3 Å². The van der Waals surface area contributed by atoms with Gasteiger partial charge < -0.3 is 19.3 Å². The molecule has 0 saturated carbocycles. The Hall–Kier alpha value is -1.75. The van der Waals surface area contributed by atoms with E-state index in [1.165, 1.54) is 13.2 Å². The minimum atomic E-state index is -1.03. The Labute approximate surface area is 86.2 Å². The van der Waals surface area contributed by atoms with Gasteiger partial charge in [-0.25, -0.2) is 4.79 Å². The molecule has 1 aliphatic rings. The second kappa shape index (κ2) is 3.78. The Morgan fingerprint density at radius 2 is 2.33 bits per heavy atom. The molecule has 0 aliphatic carbocycles. The Morgan fingerprint density at radius 1 is 1.53 bits per heavy atom. The van der Waals surface area contributed by atoms with Crippen molar-refractivity contribution in [1.29, 1.82) is 0 Å². The van der Waals surface area contributed by atoms with Crippen molar-refractivity contribution >= 4 is 5.97 Å². The Morgan fingerprint density at radius 3 is 3.00 bits per heavy atom. The van der Waals surface area contributed by atoms with Crippen LogP contribution in [0.5, 0.6) is 11.5 Å². The van der Waals surface area contributed by atoms with Crippen molar-refractivity contribution in [3.05, 3.63) is 23.3 Å². The van der Waals surface area contributed by atoms with Gasteiger partial charge >= 0.3 is 5.97 Å². The molecule has 5 nitrogen and oxygen atoms in total. The molecule has 80 valence electrons. The van der Waals surface area contributed by atoms with Gasteiger partial charge in [0.15, 0.2) is 6.79 Å². The van der Waals surface area contributed by atoms with E-state index in [9.17, 15) is 4.79 Å².